The molecule has 0 spiro atoms. The first-order chi connectivity index (χ1) is 12.7. The lowest BCUT2D eigenvalue weighted by atomic mass is 10.2. The third-order valence-electron chi connectivity index (χ3n) is 3.72. The van der Waals surface area contributed by atoms with Crippen molar-refractivity contribution in [3.8, 4) is 0 Å². The highest BCUT2D eigenvalue weighted by molar-refractivity contribution is 14.0. The average Bonchev–Trinajstić information content (AvgIpc) is 3.16. The molecule has 0 fully saturated rings. The summed E-state index contributed by atoms with van der Waals surface area (Å²) in [6, 6.07) is 14.2. The molecular weight excluding hydrogens is 453 g/mol. The first-order valence-corrected chi connectivity index (χ1v) is 9.40. The molecule has 2 N–H and O–H groups in total. The van der Waals surface area contributed by atoms with Crippen LogP contribution in [0.15, 0.2) is 58.1 Å². The summed E-state index contributed by atoms with van der Waals surface area (Å²) in [4.78, 5) is 4.68. The van der Waals surface area contributed by atoms with Gasteiger partial charge in [-0.2, -0.15) is 0 Å². The van der Waals surface area contributed by atoms with Gasteiger partial charge in [-0.15, -0.1) is 24.0 Å². The highest BCUT2D eigenvalue weighted by Crippen LogP contribution is 2.01. The summed E-state index contributed by atoms with van der Waals surface area (Å²) in [5.41, 5.74) is 1.19. The van der Waals surface area contributed by atoms with Crippen LogP contribution in [0.25, 0.3) is 0 Å². The number of nitrogens with one attached hydrogen (secondary N) is 2. The fourth-order valence-corrected chi connectivity index (χ4v) is 2.39. The number of furan rings is 1. The topological polar surface area (TPSA) is 58.8 Å². The minimum Gasteiger partial charge on any atom is -0.469 e. The standard InChI is InChI=1S/C21H31N3O2.HI/c1-18(2)17-25-14-7-12-22-21(23-13-11-20-10-6-15-26-20)24-16-19-8-4-3-5-9-19;/h3-6,8-10,15,18H,7,11-14,16-17H2,1-2H3,(H2,22,23,24);1H. The van der Waals surface area contributed by atoms with Gasteiger partial charge >= 0.3 is 0 Å². The van der Waals surface area contributed by atoms with Crippen LogP contribution in [0.3, 0.4) is 0 Å². The lowest BCUT2D eigenvalue weighted by Crippen LogP contribution is -2.39. The van der Waals surface area contributed by atoms with Crippen molar-refractivity contribution in [1.82, 2.24) is 10.6 Å². The second-order valence-corrected chi connectivity index (χ2v) is 6.66. The summed E-state index contributed by atoms with van der Waals surface area (Å²) in [5.74, 6) is 2.38. The van der Waals surface area contributed by atoms with Crippen LogP contribution < -0.4 is 10.6 Å². The van der Waals surface area contributed by atoms with E-state index in [4.69, 9.17) is 9.15 Å². The van der Waals surface area contributed by atoms with Crippen molar-refractivity contribution in [2.24, 2.45) is 10.9 Å². The molecule has 0 radical (unpaired) electrons. The predicted molar refractivity (Wildman–Crippen MR) is 122 cm³/mol. The van der Waals surface area contributed by atoms with E-state index in [1.165, 1.54) is 5.56 Å². The zero-order valence-electron chi connectivity index (χ0n) is 16.3. The van der Waals surface area contributed by atoms with Crippen molar-refractivity contribution < 1.29 is 9.15 Å². The van der Waals surface area contributed by atoms with Gasteiger partial charge < -0.3 is 19.8 Å². The summed E-state index contributed by atoms with van der Waals surface area (Å²) in [5, 5.41) is 6.76. The first kappa shape index (κ1) is 23.5. The Hall–Kier alpha value is -1.54. The molecule has 0 bridgehead atoms. The van der Waals surface area contributed by atoms with Gasteiger partial charge in [-0.25, -0.2) is 4.99 Å². The Balaban J connectivity index is 0.00000364. The monoisotopic (exact) mass is 485 g/mol. The van der Waals surface area contributed by atoms with Gasteiger partial charge in [-0.1, -0.05) is 44.2 Å². The number of hydrogen-bond donors (Lipinski definition) is 2. The third kappa shape index (κ3) is 11.0. The largest absolute Gasteiger partial charge is 0.469 e. The van der Waals surface area contributed by atoms with E-state index >= 15 is 0 Å². The third-order valence-corrected chi connectivity index (χ3v) is 3.72. The Morgan fingerprint density at radius 3 is 2.56 bits per heavy atom. The van der Waals surface area contributed by atoms with Crippen LogP contribution >= 0.6 is 24.0 Å². The van der Waals surface area contributed by atoms with E-state index in [1.807, 2.05) is 30.3 Å². The quantitative estimate of drug-likeness (QED) is 0.217. The Labute approximate surface area is 180 Å². The zero-order chi connectivity index (χ0) is 18.5. The lowest BCUT2D eigenvalue weighted by molar-refractivity contribution is 0.108. The maximum absolute atomic E-state index is 5.62. The molecule has 2 aromatic rings. The molecule has 0 aliphatic carbocycles. The summed E-state index contributed by atoms with van der Waals surface area (Å²) < 4.78 is 11.0. The molecule has 0 amide bonds. The van der Waals surface area contributed by atoms with E-state index in [2.05, 4.69) is 41.6 Å². The fourth-order valence-electron chi connectivity index (χ4n) is 2.39. The van der Waals surface area contributed by atoms with Crippen LogP contribution in [0.4, 0.5) is 0 Å². The van der Waals surface area contributed by atoms with E-state index in [0.717, 1.165) is 50.9 Å². The Bertz CT molecular complexity index is 616. The van der Waals surface area contributed by atoms with Crippen LogP contribution in [-0.4, -0.2) is 32.3 Å². The van der Waals surface area contributed by atoms with Crippen molar-refractivity contribution in [2.75, 3.05) is 26.3 Å². The van der Waals surface area contributed by atoms with Crippen molar-refractivity contribution in [1.29, 1.82) is 0 Å². The van der Waals surface area contributed by atoms with E-state index in [0.29, 0.717) is 12.5 Å². The highest BCUT2D eigenvalue weighted by atomic mass is 127. The minimum absolute atomic E-state index is 0. The van der Waals surface area contributed by atoms with Crippen LogP contribution in [0, 0.1) is 5.92 Å². The lowest BCUT2D eigenvalue weighted by Gasteiger charge is -2.13. The molecule has 0 aliphatic rings. The van der Waals surface area contributed by atoms with Gasteiger partial charge in [0.1, 0.15) is 5.76 Å². The molecule has 0 saturated carbocycles. The number of ether oxygens (including phenoxy) is 1. The molecule has 0 saturated heterocycles. The second kappa shape index (κ2) is 14.5. The Morgan fingerprint density at radius 2 is 1.85 bits per heavy atom. The molecule has 27 heavy (non-hydrogen) atoms. The number of aliphatic imine (C=N–C) groups is 1. The summed E-state index contributed by atoms with van der Waals surface area (Å²) in [6.07, 6.45) is 3.49. The first-order valence-electron chi connectivity index (χ1n) is 9.40. The smallest absolute Gasteiger partial charge is 0.191 e. The second-order valence-electron chi connectivity index (χ2n) is 6.66. The summed E-state index contributed by atoms with van der Waals surface area (Å²) >= 11 is 0. The van der Waals surface area contributed by atoms with Crippen molar-refractivity contribution in [3.63, 3.8) is 0 Å². The maximum atomic E-state index is 5.62. The summed E-state index contributed by atoms with van der Waals surface area (Å²) in [6.45, 7) is 8.17. The molecule has 2 rings (SSSR count). The molecular formula is C21H32IN3O2. The summed E-state index contributed by atoms with van der Waals surface area (Å²) in [7, 11) is 0. The van der Waals surface area contributed by atoms with Gasteiger partial charge in [-0.3, -0.25) is 0 Å². The number of benzene rings is 1. The van der Waals surface area contributed by atoms with Gasteiger partial charge in [0.05, 0.1) is 12.8 Å². The van der Waals surface area contributed by atoms with Crippen LogP contribution in [0.5, 0.6) is 0 Å². The minimum atomic E-state index is 0. The molecule has 1 heterocycles. The molecule has 6 heteroatoms. The van der Waals surface area contributed by atoms with E-state index in [1.54, 1.807) is 6.26 Å². The molecule has 1 aromatic heterocycles. The van der Waals surface area contributed by atoms with E-state index < -0.39 is 0 Å². The van der Waals surface area contributed by atoms with Crippen molar-refractivity contribution >= 4 is 29.9 Å². The number of halogens is 1. The zero-order valence-corrected chi connectivity index (χ0v) is 18.6. The highest BCUT2D eigenvalue weighted by Gasteiger charge is 2.01. The predicted octanol–water partition coefficient (Wildman–Crippen LogP) is 4.24. The molecule has 0 unspecified atom stereocenters. The van der Waals surface area contributed by atoms with Gasteiger partial charge in [-0.05, 0) is 30.0 Å². The molecule has 0 aliphatic heterocycles. The van der Waals surface area contributed by atoms with Crippen molar-refractivity contribution in [2.45, 2.75) is 33.2 Å². The molecule has 5 nitrogen and oxygen atoms in total. The van der Waals surface area contributed by atoms with Gasteiger partial charge in [0.25, 0.3) is 0 Å². The Kier molecular flexibility index (Phi) is 12.6. The number of rotatable bonds is 11. The van der Waals surface area contributed by atoms with Gasteiger partial charge in [0.2, 0.25) is 0 Å². The molecule has 1 aromatic carbocycles. The Morgan fingerprint density at radius 1 is 1.07 bits per heavy atom. The van der Waals surface area contributed by atoms with Crippen LogP contribution in [0.2, 0.25) is 0 Å². The number of guanidine groups is 1. The van der Waals surface area contributed by atoms with Gasteiger partial charge in [0.15, 0.2) is 5.96 Å². The number of hydrogen-bond acceptors (Lipinski definition) is 3. The SMILES string of the molecule is CC(C)COCCCNC(=NCc1ccccc1)NCCc1ccco1.I. The molecule has 150 valence electrons. The van der Waals surface area contributed by atoms with Crippen molar-refractivity contribution in [3.05, 3.63) is 60.1 Å². The van der Waals surface area contributed by atoms with E-state index in [9.17, 15) is 0 Å². The van der Waals surface area contributed by atoms with Gasteiger partial charge in [0, 0.05) is 32.7 Å². The maximum Gasteiger partial charge on any atom is 0.191 e. The fraction of sp³-hybridized carbons (Fsp3) is 0.476. The molecule has 0 atom stereocenters. The normalized spacial score (nSPS) is 11.3. The average molecular weight is 485 g/mol. The van der Waals surface area contributed by atoms with Crippen LogP contribution in [0.1, 0.15) is 31.6 Å². The van der Waals surface area contributed by atoms with Crippen LogP contribution in [-0.2, 0) is 17.7 Å². The number of nitrogens with zero attached hydrogens (tertiary/aromatic N) is 1. The van der Waals surface area contributed by atoms with E-state index in [-0.39, 0.29) is 24.0 Å².